The number of hydrogen-bond donors (Lipinski definition) is 0. The molecule has 2 aliphatic rings. The number of anilines is 1. The number of rotatable bonds is 2. The molecule has 1 aromatic heterocycles. The predicted molar refractivity (Wildman–Crippen MR) is 151 cm³/mol. The van der Waals surface area contributed by atoms with Gasteiger partial charge in [0.15, 0.2) is 0 Å². The molecule has 5 rings (SSSR count). The number of hydrogen-bond acceptors (Lipinski definition) is 6. The summed E-state index contributed by atoms with van der Waals surface area (Å²) in [4.78, 5) is 36.0. The van der Waals surface area contributed by atoms with Crippen molar-refractivity contribution in [1.82, 2.24) is 14.5 Å². The molecule has 1 fully saturated rings. The monoisotopic (exact) mass is 538 g/mol. The molecule has 0 saturated carbocycles. The zero-order chi connectivity index (χ0) is 27.5. The Bertz CT molecular complexity index is 1450. The van der Waals surface area contributed by atoms with Crippen LogP contribution in [-0.2, 0) is 4.74 Å². The molecule has 1 saturated heterocycles. The van der Waals surface area contributed by atoms with Crippen LogP contribution in [0.1, 0.15) is 53.1 Å². The number of aromatic nitrogens is 2. The first-order valence-electron chi connectivity index (χ1n) is 13.1. The summed E-state index contributed by atoms with van der Waals surface area (Å²) >= 11 is 1.73. The van der Waals surface area contributed by atoms with Gasteiger partial charge in [0.2, 0.25) is 0 Å². The van der Waals surface area contributed by atoms with E-state index in [-0.39, 0.29) is 35.7 Å². The lowest BCUT2D eigenvalue weighted by molar-refractivity contribution is 0.00562. The highest BCUT2D eigenvalue weighted by atomic mass is 32.2. The number of ether oxygens (including phenoxy) is 1. The van der Waals surface area contributed by atoms with Crippen LogP contribution >= 0.6 is 11.8 Å². The Morgan fingerprint density at radius 1 is 1.08 bits per heavy atom. The SMILES string of the molecule is Cc1cc2c(N3C[C@@H](C)N(C(=O)OC(C)(C)C)[C@@H](C)C3)nc(=O)n3c2c(c1-c1ccc(F)cc1)SC[C@@H]3C. The van der Waals surface area contributed by atoms with Crippen LogP contribution in [0.3, 0.4) is 0 Å². The van der Waals surface area contributed by atoms with Gasteiger partial charge in [0.25, 0.3) is 0 Å². The van der Waals surface area contributed by atoms with Gasteiger partial charge in [0.05, 0.1) is 17.6 Å². The van der Waals surface area contributed by atoms with Crippen LogP contribution in [0.2, 0.25) is 0 Å². The zero-order valence-electron chi connectivity index (χ0n) is 23.0. The number of piperazine rings is 1. The Balaban J connectivity index is 1.62. The van der Waals surface area contributed by atoms with E-state index in [0.29, 0.717) is 18.9 Å². The normalized spacial score (nSPS) is 21.6. The molecule has 1 amide bonds. The van der Waals surface area contributed by atoms with Crippen molar-refractivity contribution in [2.45, 2.75) is 77.1 Å². The number of aryl methyl sites for hydroxylation is 1. The van der Waals surface area contributed by atoms with E-state index in [4.69, 9.17) is 4.74 Å². The first kappa shape index (κ1) is 26.5. The molecule has 0 bridgehead atoms. The average molecular weight is 539 g/mol. The third kappa shape index (κ3) is 4.65. The van der Waals surface area contributed by atoms with E-state index in [1.807, 2.05) is 41.5 Å². The molecule has 0 aliphatic carbocycles. The van der Waals surface area contributed by atoms with Gasteiger partial charge in [-0.15, -0.1) is 11.8 Å². The van der Waals surface area contributed by atoms with E-state index < -0.39 is 5.60 Å². The van der Waals surface area contributed by atoms with Crippen LogP contribution in [0.5, 0.6) is 0 Å². The van der Waals surface area contributed by atoms with Gasteiger partial charge in [-0.1, -0.05) is 12.1 Å². The number of carbonyl (C=O) groups excluding carboxylic acids is 1. The topological polar surface area (TPSA) is 67.7 Å². The summed E-state index contributed by atoms with van der Waals surface area (Å²) in [6.07, 6.45) is -0.327. The van der Waals surface area contributed by atoms with Gasteiger partial charge in [0.1, 0.15) is 17.2 Å². The minimum absolute atomic E-state index is 0.00492. The van der Waals surface area contributed by atoms with Gasteiger partial charge < -0.3 is 9.64 Å². The van der Waals surface area contributed by atoms with Crippen molar-refractivity contribution < 1.29 is 13.9 Å². The summed E-state index contributed by atoms with van der Waals surface area (Å²) in [5, 5.41) is 0.923. The second-order valence-corrected chi connectivity index (χ2v) is 12.6. The van der Waals surface area contributed by atoms with Crippen molar-refractivity contribution in [3.63, 3.8) is 0 Å². The summed E-state index contributed by atoms with van der Waals surface area (Å²) < 4.78 is 21.2. The second-order valence-electron chi connectivity index (χ2n) is 11.5. The van der Waals surface area contributed by atoms with Crippen molar-refractivity contribution in [3.8, 4) is 11.1 Å². The Kier molecular flexibility index (Phi) is 6.70. The zero-order valence-corrected chi connectivity index (χ0v) is 23.9. The Morgan fingerprint density at radius 3 is 2.32 bits per heavy atom. The Morgan fingerprint density at radius 2 is 1.71 bits per heavy atom. The minimum atomic E-state index is -0.575. The number of carbonyl (C=O) groups is 1. The van der Waals surface area contributed by atoms with Gasteiger partial charge in [-0.25, -0.2) is 14.0 Å². The molecule has 3 atom stereocenters. The lowest BCUT2D eigenvalue weighted by Crippen LogP contribution is -2.59. The molecular weight excluding hydrogens is 503 g/mol. The van der Waals surface area contributed by atoms with Crippen molar-refractivity contribution in [3.05, 3.63) is 52.2 Å². The van der Waals surface area contributed by atoms with Gasteiger partial charge in [-0.05, 0) is 77.8 Å². The number of amides is 1. The summed E-state index contributed by atoms with van der Waals surface area (Å²) in [5.74, 6) is 1.12. The molecule has 0 unspecified atom stereocenters. The van der Waals surface area contributed by atoms with E-state index in [2.05, 4.69) is 22.9 Å². The third-order valence-electron chi connectivity index (χ3n) is 7.21. The molecule has 9 heteroatoms. The van der Waals surface area contributed by atoms with Crippen molar-refractivity contribution >= 4 is 34.6 Å². The molecule has 2 aliphatic heterocycles. The maximum atomic E-state index is 13.7. The van der Waals surface area contributed by atoms with Crippen molar-refractivity contribution in [1.29, 1.82) is 0 Å². The van der Waals surface area contributed by atoms with Gasteiger partial charge in [-0.3, -0.25) is 9.47 Å². The van der Waals surface area contributed by atoms with Gasteiger partial charge in [0, 0.05) is 40.7 Å². The standard InChI is InChI=1S/C29H35FN4O3S/c1-16-12-22-24-25(23(16)20-8-10-21(30)11-9-20)38-15-19(4)34(24)27(35)31-26(22)32-13-17(2)33(18(3)14-32)28(36)37-29(5,6)7/h8-12,17-19H,13-15H2,1-7H3/t17-,18+,19-/m0/s1. The van der Waals surface area contributed by atoms with E-state index in [1.54, 1.807) is 33.4 Å². The highest BCUT2D eigenvalue weighted by molar-refractivity contribution is 7.99. The van der Waals surface area contributed by atoms with Crippen LogP contribution in [0.15, 0.2) is 40.0 Å². The first-order valence-corrected chi connectivity index (χ1v) is 14.1. The fourth-order valence-corrected chi connectivity index (χ4v) is 7.03. The summed E-state index contributed by atoms with van der Waals surface area (Å²) in [7, 11) is 0. The maximum Gasteiger partial charge on any atom is 0.410 e. The largest absolute Gasteiger partial charge is 0.444 e. The highest BCUT2D eigenvalue weighted by Crippen LogP contribution is 2.45. The highest BCUT2D eigenvalue weighted by Gasteiger charge is 2.37. The van der Waals surface area contributed by atoms with Crippen molar-refractivity contribution in [2.24, 2.45) is 0 Å². The van der Waals surface area contributed by atoms with E-state index >= 15 is 0 Å². The van der Waals surface area contributed by atoms with Crippen LogP contribution in [0, 0.1) is 12.7 Å². The number of nitrogens with zero attached hydrogens (tertiary/aromatic N) is 4. The molecule has 0 N–H and O–H groups in total. The molecule has 38 heavy (non-hydrogen) atoms. The maximum absolute atomic E-state index is 13.7. The van der Waals surface area contributed by atoms with Crippen molar-refractivity contribution in [2.75, 3.05) is 23.7 Å². The van der Waals surface area contributed by atoms with E-state index in [1.165, 1.54) is 12.1 Å². The smallest absolute Gasteiger partial charge is 0.410 e. The molecular formula is C29H35FN4O3S. The molecule has 2 aromatic carbocycles. The quantitative estimate of drug-likeness (QED) is 0.398. The molecule has 3 aromatic rings. The molecule has 7 nitrogen and oxygen atoms in total. The first-order chi connectivity index (χ1) is 17.9. The van der Waals surface area contributed by atoms with E-state index in [0.717, 1.165) is 38.2 Å². The minimum Gasteiger partial charge on any atom is -0.444 e. The lowest BCUT2D eigenvalue weighted by atomic mass is 9.97. The molecule has 0 radical (unpaired) electrons. The number of benzene rings is 2. The second kappa shape index (κ2) is 9.59. The summed E-state index contributed by atoms with van der Waals surface area (Å²) in [6.45, 7) is 14.8. The van der Waals surface area contributed by atoms with Crippen LogP contribution in [0.25, 0.3) is 22.0 Å². The number of thioether (sulfide) groups is 1. The number of halogens is 1. The lowest BCUT2D eigenvalue weighted by Gasteiger charge is -2.45. The summed E-state index contributed by atoms with van der Waals surface area (Å²) in [6, 6.07) is 8.37. The fourth-order valence-electron chi connectivity index (χ4n) is 5.70. The van der Waals surface area contributed by atoms with Crippen LogP contribution < -0.4 is 10.6 Å². The van der Waals surface area contributed by atoms with Crippen LogP contribution in [-0.4, -0.2) is 57.1 Å². The Labute approximate surface area is 227 Å². The fraction of sp³-hybridized carbons (Fsp3) is 0.483. The molecule has 3 heterocycles. The summed E-state index contributed by atoms with van der Waals surface area (Å²) in [5.41, 5.74) is 3.02. The van der Waals surface area contributed by atoms with Crippen LogP contribution in [0.4, 0.5) is 15.0 Å². The Hall–Kier alpha value is -3.07. The predicted octanol–water partition coefficient (Wildman–Crippen LogP) is 6.01. The van der Waals surface area contributed by atoms with E-state index in [9.17, 15) is 14.0 Å². The van der Waals surface area contributed by atoms with Gasteiger partial charge >= 0.3 is 11.8 Å². The van der Waals surface area contributed by atoms with Gasteiger partial charge in [-0.2, -0.15) is 4.98 Å². The molecule has 202 valence electrons. The third-order valence-corrected chi connectivity index (χ3v) is 8.54. The molecule has 0 spiro atoms. The average Bonchev–Trinajstić information content (AvgIpc) is 2.81.